The highest BCUT2D eigenvalue weighted by molar-refractivity contribution is 7.80. The van der Waals surface area contributed by atoms with Crippen molar-refractivity contribution in [1.82, 2.24) is 0 Å². The molecule has 0 aliphatic carbocycles. The van der Waals surface area contributed by atoms with Gasteiger partial charge in [-0.1, -0.05) is 19.9 Å². The van der Waals surface area contributed by atoms with E-state index in [9.17, 15) is 13.2 Å². The van der Waals surface area contributed by atoms with Gasteiger partial charge in [-0.05, 0) is 6.42 Å². The van der Waals surface area contributed by atoms with E-state index >= 15 is 0 Å². The highest BCUT2D eigenvalue weighted by Crippen LogP contribution is 1.99. The topological polar surface area (TPSA) is 101 Å². The quantitative estimate of drug-likeness (QED) is 0.544. The molecule has 0 aliphatic heterocycles. The Morgan fingerprint density at radius 1 is 1.50 bits per heavy atom. The van der Waals surface area contributed by atoms with Crippen LogP contribution in [-0.2, 0) is 19.4 Å². The molecule has 84 valence electrons. The normalized spacial score (nSPS) is 9.93. The third kappa shape index (κ3) is 13.7. The highest BCUT2D eigenvalue weighted by Gasteiger charge is 1.99. The van der Waals surface area contributed by atoms with Gasteiger partial charge in [-0.25, -0.2) is 4.79 Å². The van der Waals surface area contributed by atoms with E-state index in [1.807, 2.05) is 6.92 Å². The highest BCUT2D eigenvalue weighted by atomic mass is 32.3. The minimum absolute atomic E-state index is 0.299. The van der Waals surface area contributed by atoms with Crippen LogP contribution in [-0.4, -0.2) is 31.2 Å². The van der Waals surface area contributed by atoms with E-state index in [-0.39, 0.29) is 0 Å². The molecule has 6 nitrogen and oxygen atoms in total. The largest absolute Gasteiger partial charge is 0.478 e. The lowest BCUT2D eigenvalue weighted by atomic mass is 10.2. The molecule has 14 heavy (non-hydrogen) atoms. The first-order valence-electron chi connectivity index (χ1n) is 3.68. The number of hydrogen-bond donors (Lipinski definition) is 2. The zero-order chi connectivity index (χ0) is 11.8. The second kappa shape index (κ2) is 7.48. The summed E-state index contributed by atoms with van der Waals surface area (Å²) in [6.45, 7) is 5.27. The summed E-state index contributed by atoms with van der Waals surface area (Å²) in [4.78, 5) is 9.99. The molecule has 0 aliphatic rings. The lowest BCUT2D eigenvalue weighted by Gasteiger charge is -1.92. The van der Waals surface area contributed by atoms with E-state index in [1.165, 1.54) is 0 Å². The Bertz CT molecular complexity index is 279. The molecule has 0 rings (SSSR count). The van der Waals surface area contributed by atoms with Gasteiger partial charge in [0.05, 0.1) is 7.11 Å². The summed E-state index contributed by atoms with van der Waals surface area (Å²) in [7, 11) is -3.29. The summed E-state index contributed by atoms with van der Waals surface area (Å²) in [5, 5.41) is 8.21. The molecule has 0 atom stereocenters. The lowest BCUT2D eigenvalue weighted by Crippen LogP contribution is -1.97. The fraction of sp³-hybridized carbons (Fsp3) is 0.571. The number of carboxylic acids is 1. The monoisotopic (exact) mass is 226 g/mol. The van der Waals surface area contributed by atoms with Crippen LogP contribution < -0.4 is 0 Å². The van der Waals surface area contributed by atoms with E-state index in [0.717, 1.165) is 13.5 Å². The second-order valence-corrected chi connectivity index (χ2v) is 3.44. The maximum Gasteiger partial charge on any atom is 0.397 e. The minimum atomic E-state index is -4.16. The van der Waals surface area contributed by atoms with E-state index < -0.39 is 16.4 Å². The molecule has 0 spiro atoms. The molecule has 2 N–H and O–H groups in total. The average Bonchev–Trinajstić information content (AvgIpc) is 2.04. The molecular formula is C7H14O6S. The van der Waals surface area contributed by atoms with Crippen molar-refractivity contribution < 1.29 is 27.1 Å². The first kappa shape index (κ1) is 15.5. The molecule has 0 unspecified atom stereocenters. The standard InChI is InChI=1S/C6H10O2.CH4O4S/c1-3-4-5(2)6(7)8;1-5-6(2,3)4/h2-4H2,1H3,(H,7,8);1H3,(H,2,3,4). The maximum absolute atomic E-state index is 9.99. The van der Waals surface area contributed by atoms with Gasteiger partial charge in [-0.2, -0.15) is 8.42 Å². The molecule has 0 fully saturated rings. The van der Waals surface area contributed by atoms with Crippen molar-refractivity contribution in [3.05, 3.63) is 12.2 Å². The zero-order valence-corrected chi connectivity index (χ0v) is 8.87. The molecule has 0 aromatic carbocycles. The predicted molar refractivity (Wildman–Crippen MR) is 50.2 cm³/mol. The molecule has 0 saturated heterocycles. The number of carboxylic acid groups (broad SMARTS) is 1. The van der Waals surface area contributed by atoms with Gasteiger partial charge in [0.25, 0.3) is 0 Å². The van der Waals surface area contributed by atoms with Crippen molar-refractivity contribution in [2.45, 2.75) is 19.8 Å². The Morgan fingerprint density at radius 3 is 1.93 bits per heavy atom. The first-order valence-corrected chi connectivity index (χ1v) is 5.05. The maximum atomic E-state index is 9.99. The van der Waals surface area contributed by atoms with E-state index in [2.05, 4.69) is 10.8 Å². The van der Waals surface area contributed by atoms with Crippen LogP contribution in [0.1, 0.15) is 19.8 Å². The van der Waals surface area contributed by atoms with Crippen molar-refractivity contribution in [2.24, 2.45) is 0 Å². The molecule has 0 aromatic heterocycles. The van der Waals surface area contributed by atoms with Crippen molar-refractivity contribution in [3.63, 3.8) is 0 Å². The summed E-state index contributed by atoms with van der Waals surface area (Å²) in [5.41, 5.74) is 0.299. The molecule has 0 saturated carbocycles. The fourth-order valence-corrected chi connectivity index (χ4v) is 0.409. The Morgan fingerprint density at radius 2 is 1.86 bits per heavy atom. The lowest BCUT2D eigenvalue weighted by molar-refractivity contribution is -0.132. The van der Waals surface area contributed by atoms with Gasteiger partial charge in [-0.15, -0.1) is 0 Å². The third-order valence-corrected chi connectivity index (χ3v) is 1.49. The fourth-order valence-electron chi connectivity index (χ4n) is 0.409. The van der Waals surface area contributed by atoms with Crippen LogP contribution in [0.4, 0.5) is 0 Å². The molecule has 0 amide bonds. The molecular weight excluding hydrogens is 212 g/mol. The third-order valence-electron chi connectivity index (χ3n) is 1.06. The molecule has 0 bridgehead atoms. The molecule has 0 aromatic rings. The molecule has 0 radical (unpaired) electrons. The van der Waals surface area contributed by atoms with E-state index in [1.54, 1.807) is 0 Å². The Balaban J connectivity index is 0. The second-order valence-electron chi connectivity index (χ2n) is 2.25. The number of rotatable bonds is 4. The summed E-state index contributed by atoms with van der Waals surface area (Å²) in [5.74, 6) is -0.883. The van der Waals surface area contributed by atoms with Crippen LogP contribution in [0.25, 0.3) is 0 Å². The first-order chi connectivity index (χ1) is 6.24. The summed E-state index contributed by atoms with van der Waals surface area (Å²) >= 11 is 0. The summed E-state index contributed by atoms with van der Waals surface area (Å²) in [6.07, 6.45) is 1.44. The van der Waals surface area contributed by atoms with E-state index in [4.69, 9.17) is 9.66 Å². The van der Waals surface area contributed by atoms with Gasteiger partial charge < -0.3 is 5.11 Å². The van der Waals surface area contributed by atoms with Gasteiger partial charge in [-0.3, -0.25) is 8.74 Å². The Hall–Kier alpha value is -0.920. The number of carbonyl (C=O) groups is 1. The van der Waals surface area contributed by atoms with Crippen LogP contribution in [0.15, 0.2) is 12.2 Å². The molecule has 7 heteroatoms. The number of aliphatic carboxylic acids is 1. The van der Waals surface area contributed by atoms with Crippen molar-refractivity contribution in [2.75, 3.05) is 7.11 Å². The van der Waals surface area contributed by atoms with Gasteiger partial charge in [0.1, 0.15) is 0 Å². The van der Waals surface area contributed by atoms with Gasteiger partial charge in [0.2, 0.25) is 0 Å². The van der Waals surface area contributed by atoms with Gasteiger partial charge >= 0.3 is 16.4 Å². The molecule has 0 heterocycles. The Labute approximate surface area is 83.2 Å². The van der Waals surface area contributed by atoms with Crippen LogP contribution in [0.3, 0.4) is 0 Å². The van der Waals surface area contributed by atoms with Crippen LogP contribution >= 0.6 is 0 Å². The summed E-state index contributed by atoms with van der Waals surface area (Å²) < 4.78 is 29.7. The minimum Gasteiger partial charge on any atom is -0.478 e. The van der Waals surface area contributed by atoms with E-state index in [0.29, 0.717) is 12.0 Å². The van der Waals surface area contributed by atoms with Crippen LogP contribution in [0, 0.1) is 0 Å². The summed E-state index contributed by atoms with van der Waals surface area (Å²) in [6, 6.07) is 0. The Kier molecular flexibility index (Phi) is 8.31. The predicted octanol–water partition coefficient (Wildman–Crippen LogP) is 0.863. The van der Waals surface area contributed by atoms with Gasteiger partial charge in [0, 0.05) is 5.57 Å². The van der Waals surface area contributed by atoms with Crippen molar-refractivity contribution in [3.8, 4) is 0 Å². The number of hydrogen-bond acceptors (Lipinski definition) is 4. The zero-order valence-electron chi connectivity index (χ0n) is 8.06. The van der Waals surface area contributed by atoms with Crippen molar-refractivity contribution in [1.29, 1.82) is 0 Å². The smallest absolute Gasteiger partial charge is 0.397 e. The van der Waals surface area contributed by atoms with Crippen LogP contribution in [0.5, 0.6) is 0 Å². The van der Waals surface area contributed by atoms with Crippen molar-refractivity contribution >= 4 is 16.4 Å². The average molecular weight is 226 g/mol. The van der Waals surface area contributed by atoms with Crippen LogP contribution in [0.2, 0.25) is 0 Å². The SMILES string of the molecule is C=C(CCC)C(=O)O.COS(=O)(=O)O. The van der Waals surface area contributed by atoms with Gasteiger partial charge in [0.15, 0.2) is 0 Å².